The summed E-state index contributed by atoms with van der Waals surface area (Å²) in [6, 6.07) is 2.91. The molecule has 0 saturated carbocycles. The minimum Gasteiger partial charge on any atom is -0.508 e. The average molecular weight is 218 g/mol. The van der Waals surface area contributed by atoms with Crippen molar-refractivity contribution in [3.05, 3.63) is 54.1 Å². The Hall–Kier alpha value is -2.03. The SMILES string of the molecule is C=CCc1cc(O)cc(CC=C)c1C(=O)O. The number of benzene rings is 1. The maximum atomic E-state index is 11.2. The van der Waals surface area contributed by atoms with Crippen LogP contribution in [0, 0.1) is 0 Å². The summed E-state index contributed by atoms with van der Waals surface area (Å²) in [5, 5.41) is 18.6. The Labute approximate surface area is 94.4 Å². The van der Waals surface area contributed by atoms with E-state index < -0.39 is 5.97 Å². The van der Waals surface area contributed by atoms with E-state index in [1.165, 1.54) is 12.1 Å². The van der Waals surface area contributed by atoms with Gasteiger partial charge in [-0.2, -0.15) is 0 Å². The third kappa shape index (κ3) is 2.51. The van der Waals surface area contributed by atoms with Crippen molar-refractivity contribution in [2.24, 2.45) is 0 Å². The van der Waals surface area contributed by atoms with Gasteiger partial charge < -0.3 is 10.2 Å². The number of allylic oxidation sites excluding steroid dienone is 2. The standard InChI is InChI=1S/C13H14O3/c1-3-5-9-7-11(14)8-10(6-4-2)12(9)13(15)16/h3-4,7-8,14H,1-2,5-6H2,(H,15,16). The maximum absolute atomic E-state index is 11.2. The number of hydrogen-bond donors (Lipinski definition) is 2. The second-order valence-electron chi connectivity index (χ2n) is 3.43. The number of carboxylic acid groups (broad SMARTS) is 1. The Bertz CT molecular complexity index is 402. The van der Waals surface area contributed by atoms with E-state index in [1.54, 1.807) is 12.2 Å². The number of rotatable bonds is 5. The maximum Gasteiger partial charge on any atom is 0.336 e. The fourth-order valence-electron chi connectivity index (χ4n) is 1.66. The highest BCUT2D eigenvalue weighted by molar-refractivity contribution is 5.91. The summed E-state index contributed by atoms with van der Waals surface area (Å²) >= 11 is 0. The lowest BCUT2D eigenvalue weighted by Gasteiger charge is -2.10. The fourth-order valence-corrected chi connectivity index (χ4v) is 1.66. The summed E-state index contributed by atoms with van der Waals surface area (Å²) in [5.41, 5.74) is 1.37. The first kappa shape index (κ1) is 12.0. The predicted octanol–water partition coefficient (Wildman–Crippen LogP) is 2.55. The van der Waals surface area contributed by atoms with Gasteiger partial charge in [0.25, 0.3) is 0 Å². The number of carbonyl (C=O) groups is 1. The van der Waals surface area contributed by atoms with Crippen molar-refractivity contribution in [3.8, 4) is 5.75 Å². The summed E-state index contributed by atoms with van der Waals surface area (Å²) < 4.78 is 0. The van der Waals surface area contributed by atoms with E-state index >= 15 is 0 Å². The molecule has 3 nitrogen and oxygen atoms in total. The number of aromatic carboxylic acids is 1. The predicted molar refractivity (Wildman–Crippen MR) is 62.9 cm³/mol. The molecule has 0 heterocycles. The minimum absolute atomic E-state index is 0.0682. The zero-order valence-corrected chi connectivity index (χ0v) is 8.94. The Balaban J connectivity index is 3.39. The quantitative estimate of drug-likeness (QED) is 0.747. The van der Waals surface area contributed by atoms with Gasteiger partial charge in [0.05, 0.1) is 5.56 Å². The molecule has 16 heavy (non-hydrogen) atoms. The first-order valence-corrected chi connectivity index (χ1v) is 4.90. The zero-order chi connectivity index (χ0) is 12.1. The Morgan fingerprint density at radius 3 is 1.94 bits per heavy atom. The summed E-state index contributed by atoms with van der Waals surface area (Å²) in [7, 11) is 0. The normalized spacial score (nSPS) is 9.75. The van der Waals surface area contributed by atoms with E-state index in [1.807, 2.05) is 0 Å². The van der Waals surface area contributed by atoms with E-state index in [2.05, 4.69) is 13.2 Å². The lowest BCUT2D eigenvalue weighted by atomic mass is 9.96. The first-order valence-electron chi connectivity index (χ1n) is 4.90. The van der Waals surface area contributed by atoms with Crippen LogP contribution in [0.5, 0.6) is 5.75 Å². The van der Waals surface area contributed by atoms with Crippen LogP contribution in [0.1, 0.15) is 21.5 Å². The monoisotopic (exact) mass is 218 g/mol. The van der Waals surface area contributed by atoms with E-state index in [0.29, 0.717) is 24.0 Å². The van der Waals surface area contributed by atoms with Gasteiger partial charge in [0.2, 0.25) is 0 Å². The molecule has 1 aromatic carbocycles. The van der Waals surface area contributed by atoms with E-state index in [-0.39, 0.29) is 11.3 Å². The molecule has 0 unspecified atom stereocenters. The smallest absolute Gasteiger partial charge is 0.336 e. The van der Waals surface area contributed by atoms with E-state index in [0.717, 1.165) is 0 Å². The van der Waals surface area contributed by atoms with Gasteiger partial charge in [-0.05, 0) is 36.1 Å². The van der Waals surface area contributed by atoms with E-state index in [9.17, 15) is 9.90 Å². The van der Waals surface area contributed by atoms with Gasteiger partial charge in [-0.3, -0.25) is 0 Å². The molecule has 0 aliphatic rings. The Morgan fingerprint density at radius 1 is 1.19 bits per heavy atom. The molecular weight excluding hydrogens is 204 g/mol. The molecule has 0 aliphatic heterocycles. The number of hydrogen-bond acceptors (Lipinski definition) is 2. The molecule has 0 saturated heterocycles. The molecule has 0 spiro atoms. The van der Waals surface area contributed by atoms with Gasteiger partial charge in [-0.15, -0.1) is 13.2 Å². The lowest BCUT2D eigenvalue weighted by Crippen LogP contribution is -2.06. The Morgan fingerprint density at radius 2 is 1.62 bits per heavy atom. The summed E-state index contributed by atoms with van der Waals surface area (Å²) in [4.78, 5) is 11.2. The molecule has 0 atom stereocenters. The lowest BCUT2D eigenvalue weighted by molar-refractivity contribution is 0.0695. The van der Waals surface area contributed by atoms with Gasteiger partial charge in [0.1, 0.15) is 5.75 Å². The molecule has 0 aromatic heterocycles. The van der Waals surface area contributed by atoms with Crippen molar-refractivity contribution < 1.29 is 15.0 Å². The highest BCUT2D eigenvalue weighted by Gasteiger charge is 2.15. The number of carboxylic acids is 1. The van der Waals surface area contributed by atoms with E-state index in [4.69, 9.17) is 5.11 Å². The largest absolute Gasteiger partial charge is 0.508 e. The summed E-state index contributed by atoms with van der Waals surface area (Å²) in [6.07, 6.45) is 4.05. The van der Waals surface area contributed by atoms with Crippen molar-refractivity contribution in [3.63, 3.8) is 0 Å². The molecule has 0 amide bonds. The van der Waals surface area contributed by atoms with Gasteiger partial charge >= 0.3 is 5.97 Å². The van der Waals surface area contributed by atoms with Crippen LogP contribution in [0.3, 0.4) is 0 Å². The van der Waals surface area contributed by atoms with Crippen LogP contribution in [0.15, 0.2) is 37.4 Å². The number of phenolic OH excluding ortho intramolecular Hbond substituents is 1. The van der Waals surface area contributed by atoms with Gasteiger partial charge in [0, 0.05) is 0 Å². The second-order valence-corrected chi connectivity index (χ2v) is 3.43. The average Bonchev–Trinajstić information content (AvgIpc) is 2.17. The van der Waals surface area contributed by atoms with Crippen molar-refractivity contribution in [1.82, 2.24) is 0 Å². The molecule has 2 N–H and O–H groups in total. The second kappa shape index (κ2) is 5.16. The minimum atomic E-state index is -0.992. The molecule has 1 aromatic rings. The third-order valence-electron chi connectivity index (χ3n) is 2.23. The Kier molecular flexibility index (Phi) is 3.89. The summed E-state index contributed by atoms with van der Waals surface area (Å²) in [6.45, 7) is 7.13. The number of aromatic hydroxyl groups is 1. The fraction of sp³-hybridized carbons (Fsp3) is 0.154. The molecular formula is C13H14O3. The van der Waals surface area contributed by atoms with Gasteiger partial charge in [-0.1, -0.05) is 12.2 Å². The molecule has 84 valence electrons. The third-order valence-corrected chi connectivity index (χ3v) is 2.23. The van der Waals surface area contributed by atoms with Crippen LogP contribution in [-0.2, 0) is 12.8 Å². The number of phenols is 1. The van der Waals surface area contributed by atoms with Crippen LogP contribution in [0.25, 0.3) is 0 Å². The molecule has 0 fully saturated rings. The van der Waals surface area contributed by atoms with Crippen LogP contribution in [0.2, 0.25) is 0 Å². The molecule has 3 heteroatoms. The molecule has 0 bridgehead atoms. The molecule has 1 rings (SSSR count). The topological polar surface area (TPSA) is 57.5 Å². The van der Waals surface area contributed by atoms with Crippen molar-refractivity contribution in [2.45, 2.75) is 12.8 Å². The van der Waals surface area contributed by atoms with Crippen molar-refractivity contribution in [1.29, 1.82) is 0 Å². The van der Waals surface area contributed by atoms with Crippen LogP contribution in [0.4, 0.5) is 0 Å². The van der Waals surface area contributed by atoms with Crippen LogP contribution >= 0.6 is 0 Å². The van der Waals surface area contributed by atoms with Gasteiger partial charge in [-0.25, -0.2) is 4.79 Å². The zero-order valence-electron chi connectivity index (χ0n) is 8.94. The molecule has 0 radical (unpaired) electrons. The highest BCUT2D eigenvalue weighted by Crippen LogP contribution is 2.23. The summed E-state index contributed by atoms with van der Waals surface area (Å²) in [5.74, 6) is -0.924. The molecule has 0 aliphatic carbocycles. The van der Waals surface area contributed by atoms with Crippen LogP contribution in [-0.4, -0.2) is 16.2 Å². The van der Waals surface area contributed by atoms with Gasteiger partial charge in [0.15, 0.2) is 0 Å². The van der Waals surface area contributed by atoms with Crippen LogP contribution < -0.4 is 0 Å². The first-order chi connectivity index (χ1) is 7.60. The van der Waals surface area contributed by atoms with Crippen molar-refractivity contribution >= 4 is 5.97 Å². The highest BCUT2D eigenvalue weighted by atomic mass is 16.4. The van der Waals surface area contributed by atoms with Crippen molar-refractivity contribution in [2.75, 3.05) is 0 Å².